The molecule has 1 aromatic rings. The topological polar surface area (TPSA) is 29.1 Å². The average Bonchev–Trinajstić information content (AvgIpc) is 2.31. The lowest BCUT2D eigenvalue weighted by Crippen LogP contribution is -2.27. The number of carbonyl (C=O) groups excluding carboxylic acids is 1. The molecule has 0 atom stereocenters. The third-order valence-electron chi connectivity index (χ3n) is 1.84. The number of benzene rings is 1. The second-order valence-electron chi connectivity index (χ2n) is 2.94. The molecule has 0 fully saturated rings. The van der Waals surface area contributed by atoms with Gasteiger partial charge in [-0.2, -0.15) is 0 Å². The van der Waals surface area contributed by atoms with Gasteiger partial charge in [-0.05, 0) is 0 Å². The summed E-state index contributed by atoms with van der Waals surface area (Å²) >= 11 is 0. The predicted octanol–water partition coefficient (Wildman–Crippen LogP) is 2.30. The summed E-state index contributed by atoms with van der Waals surface area (Å²) < 4.78 is 64.2. The van der Waals surface area contributed by atoms with Crippen molar-refractivity contribution >= 4 is 5.91 Å². The highest BCUT2D eigenvalue weighted by molar-refractivity contribution is 5.94. The van der Waals surface area contributed by atoms with Gasteiger partial charge in [-0.15, -0.1) is 6.58 Å². The zero-order valence-electron chi connectivity index (χ0n) is 8.29. The van der Waals surface area contributed by atoms with Crippen LogP contribution in [0.15, 0.2) is 12.7 Å². The smallest absolute Gasteiger partial charge is 0.257 e. The zero-order chi connectivity index (χ0) is 13.2. The monoisotopic (exact) mass is 251 g/mol. The first kappa shape index (κ1) is 13.1. The second-order valence-corrected chi connectivity index (χ2v) is 2.94. The third-order valence-corrected chi connectivity index (χ3v) is 1.84. The first-order valence-electron chi connectivity index (χ1n) is 4.32. The SMILES string of the molecule is C=CCNC(=O)c1c(F)c(F)c(F)c(F)c1F. The van der Waals surface area contributed by atoms with Gasteiger partial charge in [0.25, 0.3) is 5.91 Å². The van der Waals surface area contributed by atoms with Gasteiger partial charge in [-0.25, -0.2) is 22.0 Å². The van der Waals surface area contributed by atoms with Crippen LogP contribution >= 0.6 is 0 Å². The molecular weight excluding hydrogens is 245 g/mol. The van der Waals surface area contributed by atoms with Gasteiger partial charge in [-0.3, -0.25) is 4.79 Å². The van der Waals surface area contributed by atoms with Crippen molar-refractivity contribution in [3.63, 3.8) is 0 Å². The van der Waals surface area contributed by atoms with E-state index in [1.165, 1.54) is 6.08 Å². The molecule has 1 N–H and O–H groups in total. The highest BCUT2D eigenvalue weighted by atomic mass is 19.2. The molecule has 0 bridgehead atoms. The fraction of sp³-hybridized carbons (Fsp3) is 0.100. The summed E-state index contributed by atoms with van der Waals surface area (Å²) in [5, 5.41) is 1.91. The molecule has 0 heterocycles. The van der Waals surface area contributed by atoms with E-state index in [0.29, 0.717) is 0 Å². The summed E-state index contributed by atoms with van der Waals surface area (Å²) in [5.74, 6) is -12.4. The van der Waals surface area contributed by atoms with Crippen LogP contribution in [0, 0.1) is 29.1 Å². The summed E-state index contributed by atoms with van der Waals surface area (Å²) in [7, 11) is 0. The molecule has 1 amide bonds. The van der Waals surface area contributed by atoms with E-state index in [0.717, 1.165) is 0 Å². The molecule has 0 aromatic heterocycles. The first-order valence-corrected chi connectivity index (χ1v) is 4.32. The maximum absolute atomic E-state index is 13.1. The second kappa shape index (κ2) is 4.94. The van der Waals surface area contributed by atoms with Crippen molar-refractivity contribution in [2.24, 2.45) is 0 Å². The number of nitrogens with one attached hydrogen (secondary N) is 1. The maximum Gasteiger partial charge on any atom is 0.257 e. The van der Waals surface area contributed by atoms with Crippen LogP contribution in [0.5, 0.6) is 0 Å². The normalized spacial score (nSPS) is 10.2. The third kappa shape index (κ3) is 2.27. The Bertz CT molecular complexity index is 457. The van der Waals surface area contributed by atoms with Crippen molar-refractivity contribution in [1.82, 2.24) is 5.32 Å². The van der Waals surface area contributed by atoms with E-state index in [4.69, 9.17) is 0 Å². The van der Waals surface area contributed by atoms with Gasteiger partial charge < -0.3 is 5.32 Å². The number of halogens is 5. The molecule has 0 radical (unpaired) electrons. The molecule has 17 heavy (non-hydrogen) atoms. The maximum atomic E-state index is 13.1. The zero-order valence-corrected chi connectivity index (χ0v) is 8.29. The molecule has 0 unspecified atom stereocenters. The Hall–Kier alpha value is -1.92. The van der Waals surface area contributed by atoms with Gasteiger partial charge in [0.05, 0.1) is 0 Å². The molecule has 0 saturated heterocycles. The van der Waals surface area contributed by atoms with Crippen LogP contribution in [0.1, 0.15) is 10.4 Å². The van der Waals surface area contributed by atoms with Gasteiger partial charge in [0.15, 0.2) is 23.3 Å². The summed E-state index contributed by atoms with van der Waals surface area (Å²) in [6, 6.07) is 0. The van der Waals surface area contributed by atoms with Crippen LogP contribution in [-0.4, -0.2) is 12.5 Å². The average molecular weight is 251 g/mol. The Balaban J connectivity index is 3.33. The Morgan fingerprint density at radius 2 is 1.41 bits per heavy atom. The lowest BCUT2D eigenvalue weighted by Gasteiger charge is -2.07. The molecule has 0 saturated carbocycles. The standard InChI is InChI=1S/C10H6F5NO/c1-2-3-16-10(17)4-5(11)7(13)9(15)8(14)6(4)12/h2H,1,3H2,(H,16,17). The van der Waals surface area contributed by atoms with Gasteiger partial charge in [-0.1, -0.05) is 6.08 Å². The van der Waals surface area contributed by atoms with Crippen molar-refractivity contribution in [2.45, 2.75) is 0 Å². The summed E-state index contributed by atoms with van der Waals surface area (Å²) in [6.07, 6.45) is 1.18. The largest absolute Gasteiger partial charge is 0.348 e. The van der Waals surface area contributed by atoms with E-state index in [2.05, 4.69) is 6.58 Å². The highest BCUT2D eigenvalue weighted by Crippen LogP contribution is 2.22. The van der Waals surface area contributed by atoms with Crippen molar-refractivity contribution in [3.8, 4) is 0 Å². The van der Waals surface area contributed by atoms with E-state index in [1.54, 1.807) is 0 Å². The molecule has 7 heteroatoms. The Morgan fingerprint density at radius 3 is 1.82 bits per heavy atom. The number of rotatable bonds is 3. The molecule has 1 aromatic carbocycles. The van der Waals surface area contributed by atoms with Gasteiger partial charge in [0.1, 0.15) is 5.56 Å². The Labute approximate surface area is 92.7 Å². The van der Waals surface area contributed by atoms with E-state index in [-0.39, 0.29) is 6.54 Å². The quantitative estimate of drug-likeness (QED) is 0.380. The lowest BCUT2D eigenvalue weighted by atomic mass is 10.1. The summed E-state index contributed by atoms with van der Waals surface area (Å²) in [6.45, 7) is 3.04. The summed E-state index contributed by atoms with van der Waals surface area (Å²) in [5.41, 5.74) is -1.51. The molecule has 2 nitrogen and oxygen atoms in total. The molecule has 0 aliphatic carbocycles. The molecular formula is C10H6F5NO. The number of hydrogen-bond donors (Lipinski definition) is 1. The van der Waals surface area contributed by atoms with Crippen LogP contribution in [0.4, 0.5) is 22.0 Å². The minimum atomic E-state index is -2.31. The predicted molar refractivity (Wildman–Crippen MR) is 48.8 cm³/mol. The van der Waals surface area contributed by atoms with Crippen LogP contribution in [-0.2, 0) is 0 Å². The van der Waals surface area contributed by atoms with Crippen molar-refractivity contribution in [1.29, 1.82) is 0 Å². The van der Waals surface area contributed by atoms with Crippen LogP contribution in [0.2, 0.25) is 0 Å². The van der Waals surface area contributed by atoms with Crippen molar-refractivity contribution in [2.75, 3.05) is 6.54 Å². The summed E-state index contributed by atoms with van der Waals surface area (Å²) in [4.78, 5) is 11.2. The highest BCUT2D eigenvalue weighted by Gasteiger charge is 2.29. The van der Waals surface area contributed by atoms with E-state index in [1.807, 2.05) is 5.32 Å². The molecule has 1 rings (SSSR count). The molecule has 92 valence electrons. The number of hydrogen-bond acceptors (Lipinski definition) is 1. The fourth-order valence-corrected chi connectivity index (χ4v) is 1.06. The van der Waals surface area contributed by atoms with Gasteiger partial charge >= 0.3 is 0 Å². The molecule has 0 aliphatic rings. The van der Waals surface area contributed by atoms with Crippen LogP contribution < -0.4 is 5.32 Å². The molecule has 0 spiro atoms. The minimum Gasteiger partial charge on any atom is -0.348 e. The Morgan fingerprint density at radius 1 is 1.00 bits per heavy atom. The van der Waals surface area contributed by atoms with E-state index < -0.39 is 40.6 Å². The molecule has 0 aliphatic heterocycles. The number of carbonyl (C=O) groups is 1. The first-order chi connectivity index (χ1) is 7.91. The van der Waals surface area contributed by atoms with Crippen molar-refractivity contribution < 1.29 is 26.7 Å². The Kier molecular flexibility index (Phi) is 3.82. The number of amides is 1. The van der Waals surface area contributed by atoms with Gasteiger partial charge in [0, 0.05) is 6.54 Å². The van der Waals surface area contributed by atoms with Crippen LogP contribution in [0.3, 0.4) is 0 Å². The van der Waals surface area contributed by atoms with Crippen LogP contribution in [0.25, 0.3) is 0 Å². The van der Waals surface area contributed by atoms with Gasteiger partial charge in [0.2, 0.25) is 5.82 Å². The van der Waals surface area contributed by atoms with E-state index >= 15 is 0 Å². The lowest BCUT2D eigenvalue weighted by molar-refractivity contribution is 0.0946. The van der Waals surface area contributed by atoms with E-state index in [9.17, 15) is 26.7 Å². The van der Waals surface area contributed by atoms with Crippen molar-refractivity contribution in [3.05, 3.63) is 47.3 Å². The fourth-order valence-electron chi connectivity index (χ4n) is 1.06. The minimum absolute atomic E-state index is 0.168.